The molecule has 0 radical (unpaired) electrons. The van der Waals surface area contributed by atoms with Crippen LogP contribution in [0.2, 0.25) is 0 Å². The average Bonchev–Trinajstić information content (AvgIpc) is 2.12. The maximum atomic E-state index is 10.3. The molecule has 0 aliphatic carbocycles. The summed E-state index contributed by atoms with van der Waals surface area (Å²) in [5, 5.41) is 23.9. The van der Waals surface area contributed by atoms with Gasteiger partial charge in [0.15, 0.2) is 0 Å². The Hall–Kier alpha value is -1.47. The van der Waals surface area contributed by atoms with Gasteiger partial charge >= 0.3 is 5.97 Å². The van der Waals surface area contributed by atoms with Crippen LogP contribution in [0.15, 0.2) is 4.99 Å². The normalized spacial score (nSPS) is 13.8. The van der Waals surface area contributed by atoms with E-state index in [1.54, 1.807) is 0 Å². The van der Waals surface area contributed by atoms with Crippen LogP contribution in [-0.2, 0) is 4.79 Å². The number of nitrogens with two attached hydrogens (primary N) is 2. The number of aliphatic hydroxyl groups excluding tert-OH is 1. The van der Waals surface area contributed by atoms with Gasteiger partial charge in [-0.25, -0.2) is 4.79 Å². The number of carboxylic acids is 1. The molecule has 1 atom stereocenters. The summed E-state index contributed by atoms with van der Waals surface area (Å²) in [4.78, 5) is 13.9. The summed E-state index contributed by atoms with van der Waals surface area (Å²) < 4.78 is 0. The smallest absolute Gasteiger partial charge is 0.351 e. The topological polar surface area (TPSA) is 146 Å². The Labute approximate surface area is 74.6 Å². The lowest BCUT2D eigenvalue weighted by atomic mass is 10.2. The van der Waals surface area contributed by atoms with E-state index in [1.165, 1.54) is 0 Å². The van der Waals surface area contributed by atoms with Crippen LogP contribution in [0.25, 0.3) is 0 Å². The fourth-order valence-corrected chi connectivity index (χ4v) is 0.619. The minimum absolute atomic E-state index is 0.133. The molecule has 0 aromatic carbocycles. The van der Waals surface area contributed by atoms with Crippen LogP contribution in [0.4, 0.5) is 0 Å². The highest BCUT2D eigenvalue weighted by Crippen LogP contribution is 1.92. The number of hydrogen-bond donors (Lipinski definition) is 5. The van der Waals surface area contributed by atoms with Gasteiger partial charge < -0.3 is 21.7 Å². The fourth-order valence-electron chi connectivity index (χ4n) is 0.619. The molecule has 13 heavy (non-hydrogen) atoms. The van der Waals surface area contributed by atoms with Crippen molar-refractivity contribution in [3.8, 4) is 0 Å². The van der Waals surface area contributed by atoms with Crippen LogP contribution >= 0.6 is 0 Å². The highest BCUT2D eigenvalue weighted by molar-refractivity contribution is 6.36. The lowest BCUT2D eigenvalue weighted by molar-refractivity contribution is -0.129. The predicted octanol–water partition coefficient (Wildman–Crippen LogP) is -2.23. The number of rotatable bonds is 5. The van der Waals surface area contributed by atoms with Crippen LogP contribution in [0.1, 0.15) is 0 Å². The zero-order valence-corrected chi connectivity index (χ0v) is 6.90. The van der Waals surface area contributed by atoms with Crippen LogP contribution in [0.3, 0.4) is 0 Å². The second-order valence-electron chi connectivity index (χ2n) is 2.25. The monoisotopic (exact) mass is 188 g/mol. The second kappa shape index (κ2) is 5.22. The largest absolute Gasteiger partial charge is 0.477 e. The quantitative estimate of drug-likeness (QED) is 0.245. The van der Waals surface area contributed by atoms with Crippen molar-refractivity contribution < 1.29 is 15.0 Å². The number of amidine groups is 1. The first kappa shape index (κ1) is 11.5. The molecule has 0 amide bonds. The van der Waals surface area contributed by atoms with Gasteiger partial charge in [0.2, 0.25) is 0 Å². The molecular formula is C6H12N4O3. The van der Waals surface area contributed by atoms with Crippen molar-refractivity contribution in [2.75, 3.05) is 13.2 Å². The van der Waals surface area contributed by atoms with Crippen molar-refractivity contribution in [2.24, 2.45) is 16.5 Å². The van der Waals surface area contributed by atoms with Gasteiger partial charge in [0.05, 0.1) is 0 Å². The van der Waals surface area contributed by atoms with Crippen molar-refractivity contribution in [3.05, 3.63) is 0 Å². The molecular weight excluding hydrogens is 176 g/mol. The van der Waals surface area contributed by atoms with Crippen LogP contribution in [0.5, 0.6) is 0 Å². The van der Waals surface area contributed by atoms with E-state index in [-0.39, 0.29) is 12.4 Å². The van der Waals surface area contributed by atoms with E-state index in [0.717, 1.165) is 0 Å². The lowest BCUT2D eigenvalue weighted by Crippen LogP contribution is -2.35. The molecule has 7 nitrogen and oxygen atoms in total. The number of aliphatic imine (C=N–C) groups is 1. The molecule has 0 aromatic rings. The molecule has 74 valence electrons. The molecule has 0 rings (SSSR count). The van der Waals surface area contributed by atoms with Gasteiger partial charge in [-0.05, 0) is 0 Å². The van der Waals surface area contributed by atoms with Gasteiger partial charge in [0.25, 0.3) is 0 Å². The van der Waals surface area contributed by atoms with E-state index in [2.05, 4.69) is 4.99 Å². The number of aliphatic hydroxyl groups is 1. The lowest BCUT2D eigenvalue weighted by Gasteiger charge is -2.08. The van der Waals surface area contributed by atoms with Gasteiger partial charge in [-0.15, -0.1) is 0 Å². The molecule has 7 N–H and O–H groups in total. The highest BCUT2D eigenvalue weighted by Gasteiger charge is 2.18. The Bertz CT molecular complexity index is 238. The molecule has 0 aliphatic rings. The number of carbonyl (C=O) groups is 1. The third kappa shape index (κ3) is 3.63. The van der Waals surface area contributed by atoms with E-state index in [4.69, 9.17) is 27.1 Å². The summed E-state index contributed by atoms with van der Waals surface area (Å²) in [6.45, 7) is -0.616. The molecule has 1 unspecified atom stereocenters. The summed E-state index contributed by atoms with van der Waals surface area (Å²) in [7, 11) is 0. The molecule has 0 spiro atoms. The fraction of sp³-hybridized carbons (Fsp3) is 0.500. The number of nitrogens with one attached hydrogen (secondary N) is 1. The van der Waals surface area contributed by atoms with E-state index in [0.29, 0.717) is 0 Å². The Morgan fingerprint density at radius 1 is 1.62 bits per heavy atom. The van der Waals surface area contributed by atoms with Gasteiger partial charge in [0.1, 0.15) is 24.2 Å². The zero-order valence-electron chi connectivity index (χ0n) is 6.90. The summed E-state index contributed by atoms with van der Waals surface area (Å²) in [5.74, 6) is -1.54. The Morgan fingerprint density at radius 3 is 2.46 bits per heavy atom. The molecule has 0 heterocycles. The third-order valence-electron chi connectivity index (χ3n) is 1.27. The van der Waals surface area contributed by atoms with Gasteiger partial charge in [-0.2, -0.15) is 0 Å². The van der Waals surface area contributed by atoms with Crippen LogP contribution in [0, 0.1) is 5.41 Å². The highest BCUT2D eigenvalue weighted by atomic mass is 16.4. The number of hydrogen-bond acceptors (Lipinski definition) is 5. The predicted molar refractivity (Wildman–Crippen MR) is 46.9 cm³/mol. The average molecular weight is 188 g/mol. The molecule has 0 saturated heterocycles. The summed E-state index contributed by atoms with van der Waals surface area (Å²) in [6.07, 6.45) is 0. The van der Waals surface area contributed by atoms with Gasteiger partial charge in [-0.3, -0.25) is 10.4 Å². The number of carboxylic acid groups (broad SMARTS) is 1. The maximum Gasteiger partial charge on any atom is 0.351 e. The Balaban J connectivity index is 4.52. The first-order chi connectivity index (χ1) is 6.02. The zero-order chi connectivity index (χ0) is 10.4. The SMILES string of the molecule is N=C(C(=O)O)C(CN)N=C(N)CO. The molecule has 0 fully saturated rings. The standard InChI is InChI=1S/C6H12N4O3/c7-1-3(5(9)6(12)13)10-4(8)2-11/h3,9,11H,1-2,7H2,(H2,8,10)(H,12,13). The van der Waals surface area contributed by atoms with Crippen LogP contribution in [-0.4, -0.2) is 46.9 Å². The minimum atomic E-state index is -1.40. The third-order valence-corrected chi connectivity index (χ3v) is 1.27. The first-order valence-electron chi connectivity index (χ1n) is 3.47. The summed E-state index contributed by atoms with van der Waals surface area (Å²) in [6, 6.07) is -0.996. The molecule has 0 bridgehead atoms. The van der Waals surface area contributed by atoms with Crippen molar-refractivity contribution >= 4 is 17.5 Å². The first-order valence-corrected chi connectivity index (χ1v) is 3.47. The van der Waals surface area contributed by atoms with E-state index in [9.17, 15) is 4.79 Å². The van der Waals surface area contributed by atoms with Crippen molar-refractivity contribution in [2.45, 2.75) is 6.04 Å². The van der Waals surface area contributed by atoms with E-state index < -0.39 is 24.3 Å². The van der Waals surface area contributed by atoms with E-state index in [1.807, 2.05) is 0 Å². The maximum absolute atomic E-state index is 10.3. The second-order valence-corrected chi connectivity index (χ2v) is 2.25. The van der Waals surface area contributed by atoms with Gasteiger partial charge in [0, 0.05) is 6.54 Å². The minimum Gasteiger partial charge on any atom is -0.477 e. The molecule has 7 heteroatoms. The van der Waals surface area contributed by atoms with Crippen molar-refractivity contribution in [1.29, 1.82) is 5.41 Å². The molecule has 0 aliphatic heterocycles. The summed E-state index contributed by atoms with van der Waals surface area (Å²) in [5.41, 5.74) is 9.67. The van der Waals surface area contributed by atoms with E-state index >= 15 is 0 Å². The summed E-state index contributed by atoms with van der Waals surface area (Å²) >= 11 is 0. The van der Waals surface area contributed by atoms with Crippen LogP contribution < -0.4 is 11.5 Å². The number of aliphatic carboxylic acids is 1. The van der Waals surface area contributed by atoms with Crippen molar-refractivity contribution in [1.82, 2.24) is 0 Å². The molecule has 0 saturated carbocycles. The Morgan fingerprint density at radius 2 is 2.15 bits per heavy atom. The molecule has 0 aromatic heterocycles. The van der Waals surface area contributed by atoms with Gasteiger partial charge in [-0.1, -0.05) is 0 Å². The van der Waals surface area contributed by atoms with Crippen molar-refractivity contribution in [3.63, 3.8) is 0 Å². The number of nitrogens with zero attached hydrogens (tertiary/aromatic N) is 1. The Kier molecular flexibility index (Phi) is 4.63.